The van der Waals surface area contributed by atoms with Crippen molar-refractivity contribution in [3.8, 4) is 11.1 Å². The first-order valence-corrected chi connectivity index (χ1v) is 8.93. The molecule has 1 heteroatoms. The Kier molecular flexibility index (Phi) is 3.30. The monoisotopic (exact) mass is 398 g/mol. The van der Waals surface area contributed by atoms with Gasteiger partial charge >= 0.3 is 0 Å². The number of fused-ring (bicyclic) bond motifs is 3. The molecule has 0 saturated carbocycles. The van der Waals surface area contributed by atoms with Crippen LogP contribution in [0.1, 0.15) is 42.9 Å². The molecule has 0 amide bonds. The number of rotatable bonds is 1. The zero-order chi connectivity index (χ0) is 15.3. The summed E-state index contributed by atoms with van der Waals surface area (Å²) in [5.74, 6) is 0.517. The molecule has 110 valence electrons. The maximum atomic E-state index is 2.44. The molecule has 0 spiro atoms. The van der Waals surface area contributed by atoms with E-state index in [1.165, 1.54) is 31.4 Å². The third kappa shape index (κ3) is 2.10. The van der Waals surface area contributed by atoms with Crippen LogP contribution in [-0.2, 0) is 5.41 Å². The normalized spacial score (nSPS) is 21.2. The summed E-state index contributed by atoms with van der Waals surface area (Å²) >= 11 is 2.40. The van der Waals surface area contributed by atoms with E-state index in [9.17, 15) is 0 Å². The number of allylic oxidation sites excluding steroid dienone is 4. The van der Waals surface area contributed by atoms with Crippen LogP contribution in [0.25, 0.3) is 11.1 Å². The van der Waals surface area contributed by atoms with Gasteiger partial charge in [-0.2, -0.15) is 0 Å². The topological polar surface area (TPSA) is 0 Å². The highest BCUT2D eigenvalue weighted by molar-refractivity contribution is 14.1. The van der Waals surface area contributed by atoms with Crippen LogP contribution >= 0.6 is 22.6 Å². The Bertz CT molecular complexity index is 808. The number of hydrogen-bond acceptors (Lipinski definition) is 0. The van der Waals surface area contributed by atoms with E-state index >= 15 is 0 Å². The van der Waals surface area contributed by atoms with Crippen LogP contribution in [0.2, 0.25) is 0 Å². The molecule has 1 atom stereocenters. The summed E-state index contributed by atoms with van der Waals surface area (Å²) in [5, 5.41) is 0. The Morgan fingerprint density at radius 2 is 1.77 bits per heavy atom. The maximum Gasteiger partial charge on any atom is 0.0158 e. The first kappa shape index (κ1) is 14.3. The zero-order valence-electron chi connectivity index (χ0n) is 12.9. The lowest BCUT2D eigenvalue weighted by molar-refractivity contribution is 0.658. The van der Waals surface area contributed by atoms with Gasteiger partial charge in [-0.15, -0.1) is 0 Å². The maximum absolute atomic E-state index is 2.44. The van der Waals surface area contributed by atoms with E-state index in [0.717, 1.165) is 6.42 Å². The lowest BCUT2D eigenvalue weighted by Crippen LogP contribution is -2.15. The summed E-state index contributed by atoms with van der Waals surface area (Å²) in [7, 11) is 0. The summed E-state index contributed by atoms with van der Waals surface area (Å²) < 4.78 is 1.35. The highest BCUT2D eigenvalue weighted by Crippen LogP contribution is 2.49. The molecule has 0 bridgehead atoms. The molecule has 0 heterocycles. The average Bonchev–Trinajstić information content (AvgIpc) is 2.77. The first-order chi connectivity index (χ1) is 10.6. The molecule has 0 fully saturated rings. The molecular weight excluding hydrogens is 379 g/mol. The van der Waals surface area contributed by atoms with Crippen molar-refractivity contribution in [2.24, 2.45) is 0 Å². The van der Waals surface area contributed by atoms with E-state index < -0.39 is 0 Å². The Balaban J connectivity index is 1.81. The second kappa shape index (κ2) is 5.09. The van der Waals surface area contributed by atoms with E-state index in [2.05, 4.69) is 97.1 Å². The van der Waals surface area contributed by atoms with Crippen molar-refractivity contribution in [3.05, 3.63) is 81.0 Å². The Hall–Kier alpha value is -1.35. The Morgan fingerprint density at radius 1 is 1.00 bits per heavy atom. The van der Waals surface area contributed by atoms with Gasteiger partial charge < -0.3 is 0 Å². The highest BCUT2D eigenvalue weighted by atomic mass is 127. The molecule has 0 aromatic heterocycles. The van der Waals surface area contributed by atoms with Crippen LogP contribution in [0, 0.1) is 0 Å². The van der Waals surface area contributed by atoms with Gasteiger partial charge in [0, 0.05) is 14.9 Å². The molecule has 0 aliphatic heterocycles. The van der Waals surface area contributed by atoms with E-state index in [0.29, 0.717) is 5.92 Å². The average molecular weight is 398 g/mol. The fourth-order valence-electron chi connectivity index (χ4n) is 3.79. The minimum Gasteiger partial charge on any atom is -0.0757 e. The minimum atomic E-state index is 0.102. The SMILES string of the molecule is CC1(C)c2ccccc2-c2ccc([C@@H]3C=CC(I)=CC3)cc21. The number of benzene rings is 2. The molecule has 0 N–H and O–H groups in total. The van der Waals surface area contributed by atoms with Gasteiger partial charge in [-0.3, -0.25) is 0 Å². The second-order valence-corrected chi connectivity index (χ2v) is 8.01. The van der Waals surface area contributed by atoms with Crippen molar-refractivity contribution in [1.29, 1.82) is 0 Å². The van der Waals surface area contributed by atoms with Crippen LogP contribution in [-0.4, -0.2) is 0 Å². The van der Waals surface area contributed by atoms with Crippen molar-refractivity contribution >= 4 is 22.6 Å². The molecule has 0 radical (unpaired) electrons. The summed E-state index contributed by atoms with van der Waals surface area (Å²) in [6.07, 6.45) is 8.03. The zero-order valence-corrected chi connectivity index (χ0v) is 15.1. The molecule has 2 aromatic rings. The summed E-state index contributed by atoms with van der Waals surface area (Å²) in [6, 6.07) is 15.9. The van der Waals surface area contributed by atoms with Crippen molar-refractivity contribution < 1.29 is 0 Å². The number of hydrogen-bond donors (Lipinski definition) is 0. The van der Waals surface area contributed by atoms with Crippen LogP contribution in [0.5, 0.6) is 0 Å². The standard InChI is InChI=1S/C21H19I/c1-21(2)19-6-4-3-5-17(19)18-12-9-15(13-20(18)21)14-7-10-16(22)11-8-14/h3-7,9-14H,8H2,1-2H3/t14-/m1/s1. The van der Waals surface area contributed by atoms with Crippen LogP contribution in [0.3, 0.4) is 0 Å². The Morgan fingerprint density at radius 3 is 2.55 bits per heavy atom. The van der Waals surface area contributed by atoms with E-state index in [4.69, 9.17) is 0 Å². The van der Waals surface area contributed by atoms with Gasteiger partial charge in [-0.05, 0) is 56.8 Å². The van der Waals surface area contributed by atoms with Crippen LogP contribution in [0.4, 0.5) is 0 Å². The van der Waals surface area contributed by atoms with Gasteiger partial charge in [-0.25, -0.2) is 0 Å². The van der Waals surface area contributed by atoms with Crippen molar-refractivity contribution in [2.45, 2.75) is 31.6 Å². The quantitative estimate of drug-likeness (QED) is 0.491. The van der Waals surface area contributed by atoms with Crippen molar-refractivity contribution in [2.75, 3.05) is 0 Å². The minimum absolute atomic E-state index is 0.102. The van der Waals surface area contributed by atoms with E-state index in [-0.39, 0.29) is 5.41 Å². The Labute approximate surface area is 146 Å². The van der Waals surface area contributed by atoms with Crippen molar-refractivity contribution in [1.82, 2.24) is 0 Å². The third-order valence-corrected chi connectivity index (χ3v) is 5.89. The fourth-order valence-corrected chi connectivity index (χ4v) is 4.26. The summed E-state index contributed by atoms with van der Waals surface area (Å²) in [4.78, 5) is 0. The van der Waals surface area contributed by atoms with Crippen molar-refractivity contribution in [3.63, 3.8) is 0 Å². The van der Waals surface area contributed by atoms with E-state index in [1.807, 2.05) is 0 Å². The molecule has 22 heavy (non-hydrogen) atoms. The van der Waals surface area contributed by atoms with E-state index in [1.54, 1.807) is 0 Å². The van der Waals surface area contributed by atoms with Gasteiger partial charge in [0.15, 0.2) is 0 Å². The van der Waals surface area contributed by atoms with Gasteiger partial charge in [0.2, 0.25) is 0 Å². The lowest BCUT2D eigenvalue weighted by Gasteiger charge is -2.23. The highest BCUT2D eigenvalue weighted by Gasteiger charge is 2.35. The molecule has 2 aromatic carbocycles. The lowest BCUT2D eigenvalue weighted by atomic mass is 9.80. The third-order valence-electron chi connectivity index (χ3n) is 5.09. The molecule has 0 nitrogen and oxygen atoms in total. The summed E-state index contributed by atoms with van der Waals surface area (Å²) in [5.41, 5.74) is 7.29. The molecule has 0 saturated heterocycles. The van der Waals surface area contributed by atoms with Gasteiger partial charge in [0.25, 0.3) is 0 Å². The fraction of sp³-hybridized carbons (Fsp3) is 0.238. The predicted molar refractivity (Wildman–Crippen MR) is 103 cm³/mol. The van der Waals surface area contributed by atoms with Gasteiger partial charge in [0.05, 0.1) is 0 Å². The smallest absolute Gasteiger partial charge is 0.0158 e. The predicted octanol–water partition coefficient (Wildman–Crippen LogP) is 6.36. The van der Waals surface area contributed by atoms with Crippen LogP contribution in [0.15, 0.2) is 64.3 Å². The molecule has 2 aliphatic carbocycles. The van der Waals surface area contributed by atoms with Gasteiger partial charge in [-0.1, -0.05) is 74.5 Å². The molecule has 4 rings (SSSR count). The summed E-state index contributed by atoms with van der Waals surface area (Å²) in [6.45, 7) is 4.70. The molecule has 2 aliphatic rings. The second-order valence-electron chi connectivity index (χ2n) is 6.77. The number of halogens is 1. The molecular formula is C21H19I. The molecule has 0 unspecified atom stereocenters. The first-order valence-electron chi connectivity index (χ1n) is 7.85. The van der Waals surface area contributed by atoms with Crippen LogP contribution < -0.4 is 0 Å². The van der Waals surface area contributed by atoms with Gasteiger partial charge in [0.1, 0.15) is 0 Å². The largest absolute Gasteiger partial charge is 0.0757 e.